The van der Waals surface area contributed by atoms with Crippen molar-refractivity contribution in [3.63, 3.8) is 0 Å². The van der Waals surface area contributed by atoms with Gasteiger partial charge in [0.25, 0.3) is 0 Å². The van der Waals surface area contributed by atoms with Crippen LogP contribution in [-0.2, 0) is 6.42 Å². The Morgan fingerprint density at radius 1 is 1.50 bits per heavy atom. The van der Waals surface area contributed by atoms with Crippen LogP contribution in [0.2, 0.25) is 0 Å². The van der Waals surface area contributed by atoms with E-state index in [1.807, 2.05) is 17.5 Å². The van der Waals surface area contributed by atoms with Crippen LogP contribution in [0.15, 0.2) is 29.6 Å². The van der Waals surface area contributed by atoms with Gasteiger partial charge in [-0.2, -0.15) is 0 Å². The van der Waals surface area contributed by atoms with Crippen molar-refractivity contribution in [3.8, 4) is 0 Å². The predicted molar refractivity (Wildman–Crippen MR) is 64.9 cm³/mol. The van der Waals surface area contributed by atoms with Crippen LogP contribution in [0, 0.1) is 0 Å². The van der Waals surface area contributed by atoms with Crippen molar-refractivity contribution in [1.29, 1.82) is 0 Å². The van der Waals surface area contributed by atoms with E-state index in [9.17, 15) is 0 Å². The Morgan fingerprint density at radius 3 is 3.00 bits per heavy atom. The number of benzene rings is 1. The molecule has 0 amide bonds. The first-order chi connectivity index (χ1) is 7.85. The second-order valence-electron chi connectivity index (χ2n) is 3.53. The highest BCUT2D eigenvalue weighted by atomic mass is 32.1. The zero-order chi connectivity index (χ0) is 11.4. The van der Waals surface area contributed by atoms with Gasteiger partial charge in [0, 0.05) is 5.38 Å². The first-order valence-corrected chi connectivity index (χ1v) is 6.00. The molecule has 0 radical (unpaired) electrons. The maximum atomic E-state index is 5.57. The number of nitrogens with zero attached hydrogens (tertiary/aromatic N) is 2. The summed E-state index contributed by atoms with van der Waals surface area (Å²) in [6.07, 6.45) is 1.01. The highest BCUT2D eigenvalue weighted by molar-refractivity contribution is 7.03. The van der Waals surface area contributed by atoms with Crippen LogP contribution < -0.4 is 11.3 Å². The zero-order valence-electron chi connectivity index (χ0n) is 9.05. The minimum absolute atomic E-state index is 0.0785. The van der Waals surface area contributed by atoms with Gasteiger partial charge in [-0.1, -0.05) is 35.7 Å². The number of aromatic nitrogens is 2. The van der Waals surface area contributed by atoms with Crippen molar-refractivity contribution in [2.24, 2.45) is 5.84 Å². The fraction of sp³-hybridized carbons (Fsp3) is 0.273. The van der Waals surface area contributed by atoms with Crippen molar-refractivity contribution in [1.82, 2.24) is 15.0 Å². The minimum Gasteiger partial charge on any atom is -0.271 e. The molecule has 16 heavy (non-hydrogen) atoms. The molecule has 2 rings (SSSR count). The summed E-state index contributed by atoms with van der Waals surface area (Å²) in [5.74, 6) is 5.57. The average Bonchev–Trinajstić information content (AvgIpc) is 2.84. The summed E-state index contributed by atoms with van der Waals surface area (Å²) in [5.41, 5.74) is 6.05. The van der Waals surface area contributed by atoms with Crippen molar-refractivity contribution < 1.29 is 0 Å². The quantitative estimate of drug-likeness (QED) is 0.623. The summed E-state index contributed by atoms with van der Waals surface area (Å²) in [5, 5.41) is 5.95. The van der Waals surface area contributed by atoms with Crippen LogP contribution in [0.3, 0.4) is 0 Å². The molecule has 0 aliphatic rings. The molecule has 84 valence electrons. The van der Waals surface area contributed by atoms with Gasteiger partial charge < -0.3 is 0 Å². The molecular weight excluding hydrogens is 220 g/mol. The summed E-state index contributed by atoms with van der Waals surface area (Å²) in [6, 6.07) is 8.26. The number of nitrogens with two attached hydrogens (primary N) is 1. The summed E-state index contributed by atoms with van der Waals surface area (Å²) in [6.45, 7) is 2.13. The van der Waals surface area contributed by atoms with E-state index in [2.05, 4.69) is 34.1 Å². The van der Waals surface area contributed by atoms with Crippen molar-refractivity contribution >= 4 is 11.5 Å². The molecule has 1 atom stereocenters. The standard InChI is InChI=1S/C11H14N4S/c1-2-8-4-3-5-9(6-8)11(13-12)10-7-16-15-14-10/h3-7,11,13H,2,12H2,1H3. The Morgan fingerprint density at radius 2 is 2.38 bits per heavy atom. The Balaban J connectivity index is 2.33. The second-order valence-corrected chi connectivity index (χ2v) is 4.14. The molecule has 0 saturated heterocycles. The number of rotatable bonds is 4. The monoisotopic (exact) mass is 234 g/mol. The van der Waals surface area contributed by atoms with E-state index in [1.54, 1.807) is 0 Å². The fourth-order valence-electron chi connectivity index (χ4n) is 1.64. The summed E-state index contributed by atoms with van der Waals surface area (Å²) in [7, 11) is 0. The summed E-state index contributed by atoms with van der Waals surface area (Å²) in [4.78, 5) is 0. The molecule has 3 N–H and O–H groups in total. The van der Waals surface area contributed by atoms with Gasteiger partial charge in [-0.25, -0.2) is 5.43 Å². The molecule has 5 heteroatoms. The van der Waals surface area contributed by atoms with Crippen molar-refractivity contribution in [3.05, 3.63) is 46.5 Å². The van der Waals surface area contributed by atoms with Gasteiger partial charge in [-0.05, 0) is 29.1 Å². The normalized spacial score (nSPS) is 12.6. The number of aryl methyl sites for hydroxylation is 1. The third-order valence-corrected chi connectivity index (χ3v) is 3.05. The topological polar surface area (TPSA) is 63.8 Å². The van der Waals surface area contributed by atoms with Gasteiger partial charge in [0.1, 0.15) is 0 Å². The van der Waals surface area contributed by atoms with Crippen LogP contribution in [0.25, 0.3) is 0 Å². The number of nitrogens with one attached hydrogen (secondary N) is 1. The molecule has 0 bridgehead atoms. The second kappa shape index (κ2) is 5.16. The van der Waals surface area contributed by atoms with Crippen LogP contribution in [0.4, 0.5) is 0 Å². The molecule has 4 nitrogen and oxygen atoms in total. The molecule has 0 fully saturated rings. The molecule has 0 spiro atoms. The molecular formula is C11H14N4S. The number of hydrogen-bond donors (Lipinski definition) is 2. The lowest BCUT2D eigenvalue weighted by Gasteiger charge is -2.14. The van der Waals surface area contributed by atoms with Gasteiger partial charge >= 0.3 is 0 Å². The van der Waals surface area contributed by atoms with E-state index in [4.69, 9.17) is 5.84 Å². The molecule has 2 aromatic rings. The SMILES string of the molecule is CCc1cccc(C(NN)c2csnn2)c1. The summed E-state index contributed by atoms with van der Waals surface area (Å²) < 4.78 is 3.86. The highest BCUT2D eigenvalue weighted by Gasteiger charge is 2.14. The molecule has 1 unspecified atom stereocenters. The lowest BCUT2D eigenvalue weighted by atomic mass is 10.0. The molecule has 0 saturated carbocycles. The van der Waals surface area contributed by atoms with Crippen LogP contribution >= 0.6 is 11.5 Å². The Kier molecular flexibility index (Phi) is 3.61. The van der Waals surface area contributed by atoms with Crippen molar-refractivity contribution in [2.75, 3.05) is 0 Å². The Bertz CT molecular complexity index is 441. The van der Waals surface area contributed by atoms with Crippen LogP contribution in [-0.4, -0.2) is 9.59 Å². The molecule has 1 heterocycles. The molecule has 0 aliphatic carbocycles. The zero-order valence-corrected chi connectivity index (χ0v) is 9.87. The third-order valence-electron chi connectivity index (χ3n) is 2.53. The lowest BCUT2D eigenvalue weighted by molar-refractivity contribution is 0.618. The van der Waals surface area contributed by atoms with E-state index >= 15 is 0 Å². The highest BCUT2D eigenvalue weighted by Crippen LogP contribution is 2.21. The van der Waals surface area contributed by atoms with Gasteiger partial charge in [0.15, 0.2) is 0 Å². The number of hydrazine groups is 1. The van der Waals surface area contributed by atoms with Gasteiger partial charge in [0.2, 0.25) is 0 Å². The van der Waals surface area contributed by atoms with Gasteiger partial charge in [-0.15, -0.1) is 5.10 Å². The predicted octanol–water partition coefficient (Wildman–Crippen LogP) is 1.65. The van der Waals surface area contributed by atoms with E-state index in [-0.39, 0.29) is 6.04 Å². The fourth-order valence-corrected chi connectivity index (χ4v) is 2.12. The Labute approximate surface area is 98.6 Å². The number of hydrogen-bond acceptors (Lipinski definition) is 5. The first kappa shape index (κ1) is 11.2. The maximum Gasteiger partial charge on any atom is 0.0983 e. The molecule has 0 aliphatic heterocycles. The maximum absolute atomic E-state index is 5.57. The van der Waals surface area contributed by atoms with Gasteiger partial charge in [-0.3, -0.25) is 5.84 Å². The summed E-state index contributed by atoms with van der Waals surface area (Å²) >= 11 is 1.33. The van der Waals surface area contributed by atoms with Crippen LogP contribution in [0.1, 0.15) is 29.8 Å². The van der Waals surface area contributed by atoms with E-state index in [1.165, 1.54) is 17.1 Å². The lowest BCUT2D eigenvalue weighted by Crippen LogP contribution is -2.29. The van der Waals surface area contributed by atoms with Gasteiger partial charge in [0.05, 0.1) is 11.7 Å². The molecule has 1 aromatic heterocycles. The smallest absolute Gasteiger partial charge is 0.0983 e. The third kappa shape index (κ3) is 2.27. The Hall–Kier alpha value is -1.30. The minimum atomic E-state index is -0.0785. The molecule has 1 aromatic carbocycles. The average molecular weight is 234 g/mol. The van der Waals surface area contributed by atoms with Crippen molar-refractivity contribution in [2.45, 2.75) is 19.4 Å². The van der Waals surface area contributed by atoms with E-state index < -0.39 is 0 Å². The van der Waals surface area contributed by atoms with E-state index in [0.717, 1.165) is 17.7 Å². The van der Waals surface area contributed by atoms with E-state index in [0.29, 0.717) is 0 Å². The first-order valence-electron chi connectivity index (χ1n) is 5.17. The largest absolute Gasteiger partial charge is 0.271 e. The van der Waals surface area contributed by atoms with Crippen LogP contribution in [0.5, 0.6) is 0 Å².